The fourth-order valence-corrected chi connectivity index (χ4v) is 2.14. The third-order valence-corrected chi connectivity index (χ3v) is 3.08. The molecule has 92 valence electrons. The number of aromatic nitrogens is 2. The van der Waals surface area contributed by atoms with Crippen LogP contribution in [0.15, 0.2) is 46.6 Å². The van der Waals surface area contributed by atoms with Gasteiger partial charge in [0.2, 0.25) is 0 Å². The molecule has 0 aliphatic heterocycles. The molecule has 2 rings (SSSR count). The predicted molar refractivity (Wildman–Crippen MR) is 68.8 cm³/mol. The Morgan fingerprint density at radius 2 is 2.17 bits per heavy atom. The number of nitrogens with one attached hydrogen (secondary N) is 1. The standard InChI is InChI=1S/C11H10N4O2S/c1-12-9-6-5-8(15(16)17)11(14-9)18-10-4-2-3-7-13-10/h2-7H,1H3,(H,12,14). The minimum Gasteiger partial charge on any atom is -0.373 e. The molecule has 0 atom stereocenters. The monoisotopic (exact) mass is 262 g/mol. The van der Waals surface area contributed by atoms with E-state index in [1.807, 2.05) is 6.07 Å². The van der Waals surface area contributed by atoms with Crippen LogP contribution in [0.3, 0.4) is 0 Å². The van der Waals surface area contributed by atoms with Crippen LogP contribution < -0.4 is 5.32 Å². The highest BCUT2D eigenvalue weighted by Gasteiger charge is 2.17. The molecule has 0 aromatic carbocycles. The Kier molecular flexibility index (Phi) is 3.73. The second-order valence-corrected chi connectivity index (χ2v) is 4.31. The average molecular weight is 262 g/mol. The van der Waals surface area contributed by atoms with Crippen molar-refractivity contribution in [1.82, 2.24) is 9.97 Å². The summed E-state index contributed by atoms with van der Waals surface area (Å²) in [5.41, 5.74) is -0.0235. The molecule has 2 heterocycles. The first-order valence-electron chi connectivity index (χ1n) is 5.13. The van der Waals surface area contributed by atoms with Crippen molar-refractivity contribution >= 4 is 23.3 Å². The molecule has 0 saturated heterocycles. The third-order valence-electron chi connectivity index (χ3n) is 2.13. The highest BCUT2D eigenvalue weighted by molar-refractivity contribution is 7.99. The zero-order chi connectivity index (χ0) is 13.0. The van der Waals surface area contributed by atoms with Gasteiger partial charge in [-0.25, -0.2) is 9.97 Å². The minimum atomic E-state index is -0.447. The van der Waals surface area contributed by atoms with Crippen LogP contribution in [0, 0.1) is 10.1 Å². The van der Waals surface area contributed by atoms with E-state index in [-0.39, 0.29) is 5.69 Å². The van der Waals surface area contributed by atoms with Crippen LogP contribution in [-0.4, -0.2) is 21.9 Å². The van der Waals surface area contributed by atoms with Gasteiger partial charge in [0.25, 0.3) is 0 Å². The molecular formula is C11H10N4O2S. The van der Waals surface area contributed by atoms with Crippen molar-refractivity contribution in [1.29, 1.82) is 0 Å². The first-order chi connectivity index (χ1) is 8.70. The van der Waals surface area contributed by atoms with Crippen LogP contribution in [0.4, 0.5) is 11.5 Å². The summed E-state index contributed by atoms with van der Waals surface area (Å²) < 4.78 is 0. The van der Waals surface area contributed by atoms with Crippen molar-refractivity contribution in [2.45, 2.75) is 10.1 Å². The van der Waals surface area contributed by atoms with Gasteiger partial charge in [-0.3, -0.25) is 10.1 Å². The Hall–Kier alpha value is -2.15. The largest absolute Gasteiger partial charge is 0.373 e. The summed E-state index contributed by atoms with van der Waals surface area (Å²) in [6.45, 7) is 0. The molecule has 1 N–H and O–H groups in total. The molecule has 6 nitrogen and oxygen atoms in total. The van der Waals surface area contributed by atoms with Crippen molar-refractivity contribution in [3.63, 3.8) is 0 Å². The second-order valence-electron chi connectivity index (χ2n) is 3.30. The van der Waals surface area contributed by atoms with Gasteiger partial charge in [-0.2, -0.15) is 0 Å². The van der Waals surface area contributed by atoms with Crippen LogP contribution in [0.25, 0.3) is 0 Å². The van der Waals surface area contributed by atoms with E-state index in [1.54, 1.807) is 31.4 Å². The SMILES string of the molecule is CNc1ccc([N+](=O)[O-])c(Sc2ccccn2)n1. The van der Waals surface area contributed by atoms with E-state index in [2.05, 4.69) is 15.3 Å². The van der Waals surface area contributed by atoms with E-state index in [0.717, 1.165) is 0 Å². The number of rotatable bonds is 4. The van der Waals surface area contributed by atoms with Gasteiger partial charge < -0.3 is 5.32 Å². The van der Waals surface area contributed by atoms with Gasteiger partial charge in [0.15, 0.2) is 5.03 Å². The van der Waals surface area contributed by atoms with Gasteiger partial charge >= 0.3 is 5.69 Å². The summed E-state index contributed by atoms with van der Waals surface area (Å²) >= 11 is 1.17. The first kappa shape index (κ1) is 12.3. The molecule has 18 heavy (non-hydrogen) atoms. The first-order valence-corrected chi connectivity index (χ1v) is 5.94. The topological polar surface area (TPSA) is 81.0 Å². The van der Waals surface area contributed by atoms with Crippen molar-refractivity contribution in [3.8, 4) is 0 Å². The van der Waals surface area contributed by atoms with E-state index in [0.29, 0.717) is 15.9 Å². The molecule has 0 radical (unpaired) electrons. The predicted octanol–water partition coefficient (Wildman–Crippen LogP) is 2.58. The molecule has 0 fully saturated rings. The lowest BCUT2D eigenvalue weighted by Crippen LogP contribution is -1.98. The smallest absolute Gasteiger partial charge is 0.301 e. The van der Waals surface area contributed by atoms with Crippen LogP contribution in [0.1, 0.15) is 0 Å². The lowest BCUT2D eigenvalue weighted by molar-refractivity contribution is -0.388. The van der Waals surface area contributed by atoms with Gasteiger partial charge in [0.1, 0.15) is 10.8 Å². The molecule has 0 spiro atoms. The second kappa shape index (κ2) is 5.46. The molecule has 0 aliphatic carbocycles. The van der Waals surface area contributed by atoms with Gasteiger partial charge in [0, 0.05) is 19.3 Å². The summed E-state index contributed by atoms with van der Waals surface area (Å²) in [6.07, 6.45) is 1.64. The molecule has 0 aliphatic rings. The fraction of sp³-hybridized carbons (Fsp3) is 0.0909. The van der Waals surface area contributed by atoms with Crippen LogP contribution in [-0.2, 0) is 0 Å². The number of nitrogens with zero attached hydrogens (tertiary/aromatic N) is 3. The maximum absolute atomic E-state index is 10.9. The van der Waals surface area contributed by atoms with Gasteiger partial charge in [-0.1, -0.05) is 6.07 Å². The molecule has 0 bridgehead atoms. The normalized spacial score (nSPS) is 10.1. The van der Waals surface area contributed by atoms with Gasteiger partial charge in [-0.15, -0.1) is 0 Å². The average Bonchev–Trinajstić information content (AvgIpc) is 2.39. The summed E-state index contributed by atoms with van der Waals surface area (Å²) in [5.74, 6) is 0.582. The highest BCUT2D eigenvalue weighted by Crippen LogP contribution is 2.32. The lowest BCUT2D eigenvalue weighted by Gasteiger charge is -2.04. The van der Waals surface area contributed by atoms with E-state index in [9.17, 15) is 10.1 Å². The maximum Gasteiger partial charge on any atom is 0.301 e. The summed E-state index contributed by atoms with van der Waals surface area (Å²) in [5, 5.41) is 14.8. The lowest BCUT2D eigenvalue weighted by atomic mass is 10.4. The molecular weight excluding hydrogens is 252 g/mol. The Bertz CT molecular complexity index is 562. The molecule has 2 aromatic heterocycles. The molecule has 2 aromatic rings. The summed E-state index contributed by atoms with van der Waals surface area (Å²) in [4.78, 5) is 18.8. The molecule has 7 heteroatoms. The van der Waals surface area contributed by atoms with E-state index in [4.69, 9.17) is 0 Å². The van der Waals surface area contributed by atoms with E-state index < -0.39 is 4.92 Å². The van der Waals surface area contributed by atoms with Crippen molar-refractivity contribution in [2.24, 2.45) is 0 Å². The maximum atomic E-state index is 10.9. The fourth-order valence-electron chi connectivity index (χ4n) is 1.29. The Morgan fingerprint density at radius 1 is 1.33 bits per heavy atom. The Labute approximate surface area is 108 Å². The van der Waals surface area contributed by atoms with Crippen LogP contribution in [0.2, 0.25) is 0 Å². The number of hydrogen-bond acceptors (Lipinski definition) is 6. The summed E-state index contributed by atoms with van der Waals surface area (Å²) in [6, 6.07) is 8.39. The van der Waals surface area contributed by atoms with Crippen LogP contribution in [0.5, 0.6) is 0 Å². The van der Waals surface area contributed by atoms with Crippen LogP contribution >= 0.6 is 11.8 Å². The summed E-state index contributed by atoms with van der Waals surface area (Å²) in [7, 11) is 1.71. The van der Waals surface area contributed by atoms with E-state index >= 15 is 0 Å². The number of nitro groups is 1. The van der Waals surface area contributed by atoms with Gasteiger partial charge in [0.05, 0.1) is 4.92 Å². The zero-order valence-corrected chi connectivity index (χ0v) is 10.3. The van der Waals surface area contributed by atoms with Crippen molar-refractivity contribution < 1.29 is 4.92 Å². The molecule has 0 saturated carbocycles. The Balaban J connectivity index is 2.38. The molecule has 0 unspecified atom stereocenters. The zero-order valence-electron chi connectivity index (χ0n) is 9.53. The Morgan fingerprint density at radius 3 is 2.78 bits per heavy atom. The van der Waals surface area contributed by atoms with E-state index in [1.165, 1.54) is 17.8 Å². The quantitative estimate of drug-likeness (QED) is 0.673. The number of anilines is 1. The highest BCUT2D eigenvalue weighted by atomic mass is 32.2. The number of pyridine rings is 2. The third kappa shape index (κ3) is 2.75. The minimum absolute atomic E-state index is 0.0235. The molecule has 0 amide bonds. The van der Waals surface area contributed by atoms with Gasteiger partial charge in [-0.05, 0) is 30.0 Å². The number of hydrogen-bond donors (Lipinski definition) is 1. The van der Waals surface area contributed by atoms with Crippen molar-refractivity contribution in [3.05, 3.63) is 46.6 Å². The van der Waals surface area contributed by atoms with Crippen molar-refractivity contribution in [2.75, 3.05) is 12.4 Å².